The fourth-order valence-corrected chi connectivity index (χ4v) is 2.24. The molecule has 4 nitrogen and oxygen atoms in total. The van der Waals surface area contributed by atoms with Crippen molar-refractivity contribution in [3.8, 4) is 0 Å². The molecule has 0 aliphatic rings. The van der Waals surface area contributed by atoms with Crippen LogP contribution in [0.4, 0.5) is 5.69 Å². The van der Waals surface area contributed by atoms with Gasteiger partial charge in [-0.2, -0.15) is 0 Å². The fraction of sp³-hybridized carbons (Fsp3) is 0.0667. The first-order valence-electron chi connectivity index (χ1n) is 5.99. The van der Waals surface area contributed by atoms with E-state index in [1.54, 1.807) is 25.1 Å². The zero-order chi connectivity index (χ0) is 15.6. The molecule has 6 heteroatoms. The predicted molar refractivity (Wildman–Crippen MR) is 82.6 cm³/mol. The van der Waals surface area contributed by atoms with E-state index >= 15 is 0 Å². The molecule has 0 unspecified atom stereocenters. The summed E-state index contributed by atoms with van der Waals surface area (Å²) in [6.45, 7) is 1.71. The maximum Gasteiger partial charge on any atom is 0.337 e. The van der Waals surface area contributed by atoms with Gasteiger partial charge in [0.25, 0.3) is 5.91 Å². The summed E-state index contributed by atoms with van der Waals surface area (Å²) in [7, 11) is 0. The summed E-state index contributed by atoms with van der Waals surface area (Å²) in [5, 5.41) is 12.4. The Bertz CT molecular complexity index is 729. The van der Waals surface area contributed by atoms with Crippen molar-refractivity contribution in [2.75, 3.05) is 5.32 Å². The van der Waals surface area contributed by atoms with E-state index in [2.05, 4.69) is 5.32 Å². The predicted octanol–water partition coefficient (Wildman–Crippen LogP) is 4.25. The number of hydrogen-bond acceptors (Lipinski definition) is 2. The number of carboxylic acid groups (broad SMARTS) is 1. The Kier molecular flexibility index (Phi) is 4.50. The van der Waals surface area contributed by atoms with Crippen LogP contribution in [0.1, 0.15) is 26.3 Å². The Morgan fingerprint density at radius 1 is 1.10 bits per heavy atom. The lowest BCUT2D eigenvalue weighted by Crippen LogP contribution is -2.16. The van der Waals surface area contributed by atoms with Crippen LogP contribution >= 0.6 is 23.2 Å². The van der Waals surface area contributed by atoms with Gasteiger partial charge in [-0.25, -0.2) is 4.79 Å². The molecule has 0 bridgehead atoms. The van der Waals surface area contributed by atoms with Crippen molar-refractivity contribution >= 4 is 40.8 Å². The van der Waals surface area contributed by atoms with Gasteiger partial charge < -0.3 is 10.4 Å². The molecule has 2 aromatic rings. The maximum absolute atomic E-state index is 12.3. The van der Waals surface area contributed by atoms with Crippen molar-refractivity contribution in [1.82, 2.24) is 0 Å². The van der Waals surface area contributed by atoms with Crippen LogP contribution in [0.3, 0.4) is 0 Å². The Morgan fingerprint density at radius 3 is 2.48 bits per heavy atom. The van der Waals surface area contributed by atoms with E-state index in [1.807, 2.05) is 0 Å². The van der Waals surface area contributed by atoms with Crippen molar-refractivity contribution < 1.29 is 14.7 Å². The summed E-state index contributed by atoms with van der Waals surface area (Å²) in [4.78, 5) is 23.5. The number of aryl methyl sites for hydroxylation is 1. The van der Waals surface area contributed by atoms with E-state index in [1.165, 1.54) is 18.2 Å². The number of hydrogen-bond donors (Lipinski definition) is 2. The number of halogens is 2. The summed E-state index contributed by atoms with van der Waals surface area (Å²) in [5.41, 5.74) is 1.08. The number of carbonyl (C=O) groups excluding carboxylic acids is 1. The van der Waals surface area contributed by atoms with E-state index in [0.717, 1.165) is 0 Å². The van der Waals surface area contributed by atoms with Gasteiger partial charge in [0.2, 0.25) is 0 Å². The van der Waals surface area contributed by atoms with Crippen LogP contribution in [0.15, 0.2) is 36.4 Å². The van der Waals surface area contributed by atoms with Crippen LogP contribution < -0.4 is 5.32 Å². The Morgan fingerprint density at radius 2 is 1.81 bits per heavy atom. The summed E-state index contributed by atoms with van der Waals surface area (Å²) in [6, 6.07) is 9.25. The molecule has 2 N–H and O–H groups in total. The van der Waals surface area contributed by atoms with Crippen molar-refractivity contribution in [3.05, 3.63) is 63.1 Å². The molecule has 0 heterocycles. The number of aromatic carboxylic acids is 1. The largest absolute Gasteiger partial charge is 0.478 e. The molecule has 0 aromatic heterocycles. The summed E-state index contributed by atoms with van der Waals surface area (Å²) in [5.74, 6) is -1.63. The van der Waals surface area contributed by atoms with Gasteiger partial charge in [0.15, 0.2) is 0 Å². The number of nitrogens with one attached hydrogen (secondary N) is 1. The average Bonchev–Trinajstić information content (AvgIpc) is 2.43. The molecule has 2 rings (SSSR count). The van der Waals surface area contributed by atoms with E-state index < -0.39 is 11.9 Å². The molecule has 0 saturated carbocycles. The number of carboxylic acids is 1. The van der Waals surface area contributed by atoms with Gasteiger partial charge in [0.05, 0.1) is 21.8 Å². The molecule has 0 aliphatic carbocycles. The molecule has 0 radical (unpaired) electrons. The number of benzene rings is 2. The fourth-order valence-electron chi connectivity index (χ4n) is 1.86. The second-order valence-electron chi connectivity index (χ2n) is 4.38. The molecule has 0 saturated heterocycles. The monoisotopic (exact) mass is 323 g/mol. The highest BCUT2D eigenvalue weighted by atomic mass is 35.5. The zero-order valence-corrected chi connectivity index (χ0v) is 12.5. The van der Waals surface area contributed by atoms with Gasteiger partial charge in [-0.05, 0) is 36.8 Å². The maximum atomic E-state index is 12.3. The first-order chi connectivity index (χ1) is 9.90. The zero-order valence-electron chi connectivity index (χ0n) is 11.0. The van der Waals surface area contributed by atoms with Crippen LogP contribution in [0.25, 0.3) is 0 Å². The van der Waals surface area contributed by atoms with Crippen molar-refractivity contribution in [2.45, 2.75) is 6.92 Å². The smallest absolute Gasteiger partial charge is 0.337 e. The topological polar surface area (TPSA) is 66.4 Å². The minimum Gasteiger partial charge on any atom is -0.478 e. The minimum atomic E-state index is -1.12. The summed E-state index contributed by atoms with van der Waals surface area (Å²) < 4.78 is 0. The van der Waals surface area contributed by atoms with E-state index in [9.17, 15) is 14.7 Å². The molecular weight excluding hydrogens is 313 g/mol. The van der Waals surface area contributed by atoms with Crippen LogP contribution in [0.2, 0.25) is 10.0 Å². The first-order valence-corrected chi connectivity index (χ1v) is 6.75. The Hall–Kier alpha value is -2.04. The molecule has 1 amide bonds. The lowest BCUT2D eigenvalue weighted by molar-refractivity contribution is 0.0698. The van der Waals surface area contributed by atoms with E-state index in [0.29, 0.717) is 10.6 Å². The van der Waals surface area contributed by atoms with Gasteiger partial charge in [0.1, 0.15) is 0 Å². The molecule has 108 valence electrons. The SMILES string of the molecule is Cc1cccc(C(=O)O)c1NC(=O)c1cc(Cl)ccc1Cl. The number of amides is 1. The van der Waals surface area contributed by atoms with Crippen molar-refractivity contribution in [3.63, 3.8) is 0 Å². The molecular formula is C15H11Cl2NO3. The second-order valence-corrected chi connectivity index (χ2v) is 5.22. The summed E-state index contributed by atoms with van der Waals surface area (Å²) >= 11 is 11.8. The second kappa shape index (κ2) is 6.16. The molecule has 0 fully saturated rings. The number of para-hydroxylation sites is 1. The molecule has 0 atom stereocenters. The third-order valence-electron chi connectivity index (χ3n) is 2.91. The molecule has 0 aliphatic heterocycles. The number of rotatable bonds is 3. The van der Waals surface area contributed by atoms with Gasteiger partial charge >= 0.3 is 5.97 Å². The summed E-state index contributed by atoms with van der Waals surface area (Å²) in [6.07, 6.45) is 0. The standard InChI is InChI=1S/C15H11Cl2NO3/c1-8-3-2-4-10(15(20)21)13(8)18-14(19)11-7-9(16)5-6-12(11)17/h2-7H,1H3,(H,18,19)(H,20,21). The Balaban J connectivity index is 2.41. The average molecular weight is 324 g/mol. The third kappa shape index (κ3) is 3.35. The van der Waals surface area contributed by atoms with Crippen LogP contribution in [0.5, 0.6) is 0 Å². The van der Waals surface area contributed by atoms with Crippen molar-refractivity contribution in [2.24, 2.45) is 0 Å². The number of carbonyl (C=O) groups is 2. The number of anilines is 1. The van der Waals surface area contributed by atoms with Gasteiger partial charge in [-0.15, -0.1) is 0 Å². The van der Waals surface area contributed by atoms with Gasteiger partial charge in [-0.1, -0.05) is 35.3 Å². The lowest BCUT2D eigenvalue weighted by atomic mass is 10.1. The molecule has 0 spiro atoms. The minimum absolute atomic E-state index is 0.0153. The van der Waals surface area contributed by atoms with Crippen LogP contribution in [-0.2, 0) is 0 Å². The quantitative estimate of drug-likeness (QED) is 0.887. The normalized spacial score (nSPS) is 10.2. The Labute approximate surface area is 131 Å². The lowest BCUT2D eigenvalue weighted by Gasteiger charge is -2.12. The molecule has 2 aromatic carbocycles. The third-order valence-corrected chi connectivity index (χ3v) is 3.48. The van der Waals surface area contributed by atoms with Gasteiger partial charge in [-0.3, -0.25) is 4.79 Å². The van der Waals surface area contributed by atoms with Crippen LogP contribution in [0, 0.1) is 6.92 Å². The highest BCUT2D eigenvalue weighted by molar-refractivity contribution is 6.36. The highest BCUT2D eigenvalue weighted by Gasteiger charge is 2.17. The van der Waals surface area contributed by atoms with E-state index in [-0.39, 0.29) is 21.8 Å². The first kappa shape index (κ1) is 15.4. The van der Waals surface area contributed by atoms with Crippen LogP contribution in [-0.4, -0.2) is 17.0 Å². The van der Waals surface area contributed by atoms with E-state index in [4.69, 9.17) is 23.2 Å². The van der Waals surface area contributed by atoms with Gasteiger partial charge in [0, 0.05) is 5.02 Å². The molecule has 21 heavy (non-hydrogen) atoms. The highest BCUT2D eigenvalue weighted by Crippen LogP contribution is 2.25. The van der Waals surface area contributed by atoms with Crippen molar-refractivity contribution in [1.29, 1.82) is 0 Å².